The molecule has 626 valence electrons. The van der Waals surface area contributed by atoms with Gasteiger partial charge in [0.25, 0.3) is 0 Å². The normalized spacial score (nSPS) is 11.6. The smallest absolute Gasteiger partial charge is 0.308 e. The highest BCUT2D eigenvalue weighted by atomic mass is 16.5. The van der Waals surface area contributed by atoms with Crippen molar-refractivity contribution in [1.29, 1.82) is 0 Å². The van der Waals surface area contributed by atoms with Crippen LogP contribution in [0.2, 0.25) is 0 Å². The zero-order chi connectivity index (χ0) is 77.2. The fourth-order valence-corrected chi connectivity index (χ4v) is 14.6. The molecular formula is C92H178N4O10. The number of carbonyl (C=O) groups is 6. The van der Waals surface area contributed by atoms with Crippen LogP contribution in [-0.2, 0) is 47.7 Å². The number of nitrogens with zero attached hydrogens (tertiary/aromatic N) is 2. The molecular weight excluding hydrogens is 1320 g/mol. The van der Waals surface area contributed by atoms with Gasteiger partial charge in [-0.1, -0.05) is 350 Å². The largest absolute Gasteiger partial charge is 0.466 e. The summed E-state index contributed by atoms with van der Waals surface area (Å²) in [5, 5.41) is 6.27. The molecule has 0 unspecified atom stereocenters. The molecule has 0 spiro atoms. The Labute approximate surface area is 656 Å². The number of hydrogen-bond acceptors (Lipinski definition) is 12. The van der Waals surface area contributed by atoms with E-state index in [-0.39, 0.29) is 60.4 Å². The van der Waals surface area contributed by atoms with Crippen molar-refractivity contribution in [3.05, 3.63) is 0 Å². The molecule has 0 aromatic carbocycles. The lowest BCUT2D eigenvalue weighted by atomic mass is 9.94. The molecule has 14 nitrogen and oxygen atoms in total. The van der Waals surface area contributed by atoms with Crippen LogP contribution in [0.1, 0.15) is 465 Å². The molecule has 0 rings (SSSR count). The van der Waals surface area contributed by atoms with Crippen molar-refractivity contribution in [2.75, 3.05) is 78.8 Å². The van der Waals surface area contributed by atoms with Crippen LogP contribution in [0.5, 0.6) is 0 Å². The zero-order valence-electron chi connectivity index (χ0n) is 71.3. The number of rotatable bonds is 87. The number of amides is 2. The second-order valence-electron chi connectivity index (χ2n) is 32.1. The lowest BCUT2D eigenvalue weighted by molar-refractivity contribution is -0.150. The van der Waals surface area contributed by atoms with Crippen molar-refractivity contribution < 1.29 is 47.7 Å². The lowest BCUT2D eigenvalue weighted by Gasteiger charge is -2.23. The van der Waals surface area contributed by atoms with Crippen LogP contribution in [0, 0.1) is 11.8 Å². The summed E-state index contributed by atoms with van der Waals surface area (Å²) in [4.78, 5) is 82.8. The van der Waals surface area contributed by atoms with E-state index in [0.717, 1.165) is 245 Å². The molecule has 0 bridgehead atoms. The average Bonchev–Trinajstić information content (AvgIpc) is 1.20. The van der Waals surface area contributed by atoms with Gasteiger partial charge in [0.15, 0.2) is 0 Å². The van der Waals surface area contributed by atoms with Gasteiger partial charge in [0.1, 0.15) is 0 Å². The molecule has 0 heterocycles. The highest BCUT2D eigenvalue weighted by Crippen LogP contribution is 2.24. The van der Waals surface area contributed by atoms with Gasteiger partial charge in [-0.25, -0.2) is 0 Å². The number of esters is 4. The molecule has 0 radical (unpaired) electrons. The molecule has 106 heavy (non-hydrogen) atoms. The van der Waals surface area contributed by atoms with E-state index in [1.54, 1.807) is 0 Å². The topological polar surface area (TPSA) is 170 Å². The fourth-order valence-electron chi connectivity index (χ4n) is 14.6. The van der Waals surface area contributed by atoms with Crippen LogP contribution < -0.4 is 10.6 Å². The van der Waals surface area contributed by atoms with Crippen LogP contribution in [0.15, 0.2) is 0 Å². The number of nitrogens with one attached hydrogen (secondary N) is 2. The lowest BCUT2D eigenvalue weighted by Crippen LogP contribution is -2.37. The monoisotopic (exact) mass is 1500 g/mol. The first-order valence-corrected chi connectivity index (χ1v) is 46.7. The van der Waals surface area contributed by atoms with Crippen LogP contribution in [0.3, 0.4) is 0 Å². The summed E-state index contributed by atoms with van der Waals surface area (Å²) in [7, 11) is 0. The minimum Gasteiger partial charge on any atom is -0.466 e. The molecule has 0 saturated heterocycles. The first kappa shape index (κ1) is 103. The third-order valence-corrected chi connectivity index (χ3v) is 21.8. The summed E-state index contributed by atoms with van der Waals surface area (Å²) in [6, 6.07) is 0. The van der Waals surface area contributed by atoms with Crippen molar-refractivity contribution in [2.24, 2.45) is 11.8 Å². The van der Waals surface area contributed by atoms with Crippen molar-refractivity contribution in [2.45, 2.75) is 465 Å². The summed E-state index contributed by atoms with van der Waals surface area (Å²) in [5.41, 5.74) is 0. The Balaban J connectivity index is 5.34. The predicted molar refractivity (Wildman–Crippen MR) is 448 cm³/mol. The maximum atomic E-state index is 13.3. The van der Waals surface area contributed by atoms with E-state index in [2.05, 4.69) is 62.0 Å². The van der Waals surface area contributed by atoms with Crippen molar-refractivity contribution in [3.8, 4) is 0 Å². The van der Waals surface area contributed by atoms with E-state index < -0.39 is 0 Å². The molecule has 0 atom stereocenters. The molecule has 0 fully saturated rings. The Hall–Kier alpha value is -3.26. The average molecular weight is 1500 g/mol. The number of carbonyl (C=O) groups excluding carboxylic acids is 6. The third-order valence-electron chi connectivity index (χ3n) is 21.8. The maximum absolute atomic E-state index is 13.3. The van der Waals surface area contributed by atoms with Crippen molar-refractivity contribution in [1.82, 2.24) is 20.4 Å². The molecule has 0 saturated carbocycles. The van der Waals surface area contributed by atoms with Gasteiger partial charge in [0, 0.05) is 51.9 Å². The molecule has 0 aliphatic heterocycles. The second kappa shape index (κ2) is 84.2. The Morgan fingerprint density at radius 3 is 0.689 bits per heavy atom. The number of ether oxygens (including phenoxy) is 4. The highest BCUT2D eigenvalue weighted by Gasteiger charge is 2.21. The van der Waals surface area contributed by atoms with Gasteiger partial charge < -0.3 is 39.4 Å². The zero-order valence-corrected chi connectivity index (χ0v) is 71.3. The van der Waals surface area contributed by atoms with E-state index in [9.17, 15) is 28.8 Å². The Morgan fingerprint density at radius 1 is 0.226 bits per heavy atom. The summed E-state index contributed by atoms with van der Waals surface area (Å²) in [6.07, 6.45) is 72.7. The van der Waals surface area contributed by atoms with Crippen LogP contribution in [-0.4, -0.2) is 124 Å². The van der Waals surface area contributed by atoms with Gasteiger partial charge in [0.05, 0.1) is 38.3 Å². The SMILES string of the molecule is CCCCCCCCCC(=O)OCCCCCCCN(CCCCCCCOC(=O)C(CCCCCCCC)CCCCCCCC)CCNC(=O)CCC(=O)NCCN(CCCCCCCOC(=O)CCCCCCCCC)CCCCCCCOC(=O)C(CCCCCCCC)CCCCCCCC. The van der Waals surface area contributed by atoms with Crippen LogP contribution >= 0.6 is 0 Å². The van der Waals surface area contributed by atoms with Crippen molar-refractivity contribution >= 4 is 35.7 Å². The van der Waals surface area contributed by atoms with Gasteiger partial charge in [-0.2, -0.15) is 0 Å². The molecule has 0 aromatic rings. The second-order valence-corrected chi connectivity index (χ2v) is 32.1. The van der Waals surface area contributed by atoms with E-state index in [4.69, 9.17) is 18.9 Å². The molecule has 0 aliphatic rings. The first-order valence-electron chi connectivity index (χ1n) is 46.7. The van der Waals surface area contributed by atoms with Gasteiger partial charge in [-0.15, -0.1) is 0 Å². The minimum atomic E-state index is -0.0901. The first-order chi connectivity index (χ1) is 52.0. The number of hydrogen-bond donors (Lipinski definition) is 2. The molecule has 2 N–H and O–H groups in total. The number of unbranched alkanes of at least 4 members (excludes halogenated alkanes) is 48. The third kappa shape index (κ3) is 74.8. The Bertz CT molecular complexity index is 1740. The van der Waals surface area contributed by atoms with E-state index in [0.29, 0.717) is 52.4 Å². The van der Waals surface area contributed by atoms with E-state index in [1.807, 2.05) is 0 Å². The molecule has 0 aromatic heterocycles. The molecule has 14 heteroatoms. The maximum Gasteiger partial charge on any atom is 0.308 e. The standard InChI is InChI=1S/C92H178N4O10/c1-7-13-19-25-31-41-55-69-89(99)103-81-61-47-33-43-57-75-95(77-59-45-35-49-63-83-105-91(101)85(65-51-37-27-21-15-9-3)66-52-38-28-22-16-10-4)79-73-93-87(97)71-72-88(98)94-74-80-96(76-58-44-34-48-62-82-104-90(100)70-56-42-32-26-20-14-8-2)78-60-46-36-50-64-84-106-92(102)86(67-53-39-29-23-17-11-5)68-54-40-30-24-18-12-6/h85-86H,7-84H2,1-6H3,(H,93,97)(H,94,98). The summed E-state index contributed by atoms with van der Waals surface area (Å²) < 4.78 is 23.0. The van der Waals surface area contributed by atoms with Gasteiger partial charge in [-0.3, -0.25) is 28.8 Å². The van der Waals surface area contributed by atoms with Crippen LogP contribution in [0.4, 0.5) is 0 Å². The van der Waals surface area contributed by atoms with E-state index in [1.165, 1.54) is 193 Å². The summed E-state index contributed by atoms with van der Waals surface area (Å²) in [5.74, 6) is -0.143. The van der Waals surface area contributed by atoms with Crippen LogP contribution in [0.25, 0.3) is 0 Å². The molecule has 2 amide bonds. The van der Waals surface area contributed by atoms with E-state index >= 15 is 0 Å². The van der Waals surface area contributed by atoms with Crippen molar-refractivity contribution in [3.63, 3.8) is 0 Å². The van der Waals surface area contributed by atoms with Gasteiger partial charge in [-0.05, 0) is 116 Å². The van der Waals surface area contributed by atoms with Gasteiger partial charge in [0.2, 0.25) is 11.8 Å². The Kier molecular flexibility index (Phi) is 81.6. The quantitative estimate of drug-likeness (QED) is 0.0336. The Morgan fingerprint density at radius 2 is 0.434 bits per heavy atom. The fraction of sp³-hybridized carbons (Fsp3) is 0.935. The van der Waals surface area contributed by atoms with Gasteiger partial charge >= 0.3 is 23.9 Å². The highest BCUT2D eigenvalue weighted by molar-refractivity contribution is 5.83. The minimum absolute atomic E-state index is 0.0301. The predicted octanol–water partition coefficient (Wildman–Crippen LogP) is 25.1. The summed E-state index contributed by atoms with van der Waals surface area (Å²) in [6.45, 7) is 22.0. The summed E-state index contributed by atoms with van der Waals surface area (Å²) >= 11 is 0. The molecule has 0 aliphatic carbocycles.